The third-order valence-electron chi connectivity index (χ3n) is 4.92. The fraction of sp³-hybridized carbons (Fsp3) is 0.706. The summed E-state index contributed by atoms with van der Waals surface area (Å²) in [5.74, 6) is -0.0764. The van der Waals surface area contributed by atoms with Gasteiger partial charge < -0.3 is 15.0 Å². The number of carbonyl (C=O) groups excluding carboxylic acids is 2. The maximum absolute atomic E-state index is 13.0. The number of likely N-dealkylation sites (tertiary alicyclic amines) is 1. The Morgan fingerprint density at radius 2 is 2.09 bits per heavy atom. The molecule has 128 valence electrons. The molecule has 1 aliphatic carbocycles. The molecule has 23 heavy (non-hydrogen) atoms. The van der Waals surface area contributed by atoms with Crippen LogP contribution in [0, 0.1) is 11.3 Å². The highest BCUT2D eigenvalue weighted by Crippen LogP contribution is 2.55. The van der Waals surface area contributed by atoms with E-state index in [9.17, 15) is 9.59 Å². The molecule has 0 aromatic rings. The van der Waals surface area contributed by atoms with Crippen molar-refractivity contribution in [1.82, 2.24) is 10.2 Å². The van der Waals surface area contributed by atoms with Crippen LogP contribution < -0.4 is 5.32 Å². The molecule has 2 aliphatic rings. The van der Waals surface area contributed by atoms with Crippen LogP contribution in [0.2, 0.25) is 0 Å². The summed E-state index contributed by atoms with van der Waals surface area (Å²) in [4.78, 5) is 30.8. The van der Waals surface area contributed by atoms with E-state index in [4.69, 9.17) is 0 Å². The lowest BCUT2D eigenvalue weighted by molar-refractivity contribution is -0.134. The van der Waals surface area contributed by atoms with Gasteiger partial charge in [0.05, 0.1) is 13.2 Å². The summed E-state index contributed by atoms with van der Waals surface area (Å²) < 4.78 is 4.65. The number of nitrogens with zero attached hydrogens (tertiary/aromatic N) is 2. The Morgan fingerprint density at radius 3 is 2.57 bits per heavy atom. The summed E-state index contributed by atoms with van der Waals surface area (Å²) in [6.45, 7) is 10.2. The molecule has 6 nitrogen and oxygen atoms in total. The van der Waals surface area contributed by atoms with E-state index in [1.165, 1.54) is 13.3 Å². The van der Waals surface area contributed by atoms with Crippen LogP contribution in [-0.2, 0) is 9.53 Å². The first-order chi connectivity index (χ1) is 10.8. The molecular formula is C17H27N3O3. The van der Waals surface area contributed by atoms with E-state index in [0.717, 1.165) is 31.5 Å². The summed E-state index contributed by atoms with van der Waals surface area (Å²) in [5, 5.41) is 2.67. The number of ether oxygens (including phenoxy) is 1. The van der Waals surface area contributed by atoms with Crippen molar-refractivity contribution in [2.45, 2.75) is 52.1 Å². The van der Waals surface area contributed by atoms with Gasteiger partial charge in [-0.2, -0.15) is 0 Å². The Bertz CT molecular complexity index is 523. The Hall–Kier alpha value is -1.85. The molecule has 1 N–H and O–H groups in total. The first kappa shape index (κ1) is 17.5. The minimum absolute atomic E-state index is 0.0105. The third kappa shape index (κ3) is 3.74. The van der Waals surface area contributed by atoms with E-state index in [1.54, 1.807) is 0 Å². The van der Waals surface area contributed by atoms with Gasteiger partial charge in [0.15, 0.2) is 0 Å². The van der Waals surface area contributed by atoms with E-state index in [2.05, 4.69) is 21.6 Å². The van der Waals surface area contributed by atoms with Crippen molar-refractivity contribution in [3.05, 3.63) is 12.8 Å². The van der Waals surface area contributed by atoms with Crippen LogP contribution in [-0.4, -0.2) is 48.4 Å². The molecular weight excluding hydrogens is 294 g/mol. The van der Waals surface area contributed by atoms with Crippen LogP contribution in [0.15, 0.2) is 17.8 Å². The molecule has 0 aromatic heterocycles. The van der Waals surface area contributed by atoms with Crippen LogP contribution >= 0.6 is 0 Å². The second-order valence-corrected chi connectivity index (χ2v) is 7.00. The molecule has 2 amide bonds. The van der Waals surface area contributed by atoms with Gasteiger partial charge in [0, 0.05) is 18.5 Å². The molecule has 2 rings (SSSR count). The largest absolute Gasteiger partial charge is 0.453 e. The normalized spacial score (nSPS) is 23.8. The van der Waals surface area contributed by atoms with Crippen molar-refractivity contribution in [3.63, 3.8) is 0 Å². The zero-order valence-electron chi connectivity index (χ0n) is 14.5. The quantitative estimate of drug-likeness (QED) is 0.790. The number of carbonyl (C=O) groups is 2. The Morgan fingerprint density at radius 1 is 1.43 bits per heavy atom. The molecule has 0 radical (unpaired) electrons. The van der Waals surface area contributed by atoms with Crippen molar-refractivity contribution in [1.29, 1.82) is 0 Å². The number of methoxy groups -OCH3 is 1. The predicted octanol–water partition coefficient (Wildman–Crippen LogP) is 2.35. The van der Waals surface area contributed by atoms with Crippen molar-refractivity contribution in [3.8, 4) is 0 Å². The summed E-state index contributed by atoms with van der Waals surface area (Å²) >= 11 is 0. The smallest absolute Gasteiger partial charge is 0.407 e. The number of amides is 2. The Balaban J connectivity index is 2.21. The van der Waals surface area contributed by atoms with E-state index >= 15 is 0 Å². The van der Waals surface area contributed by atoms with Gasteiger partial charge in [-0.05, 0) is 37.5 Å². The Labute approximate surface area is 138 Å². The molecule has 0 aromatic carbocycles. The monoisotopic (exact) mass is 321 g/mol. The minimum atomic E-state index is -0.588. The van der Waals surface area contributed by atoms with Crippen LogP contribution in [0.25, 0.3) is 0 Å². The van der Waals surface area contributed by atoms with Crippen molar-refractivity contribution >= 4 is 17.7 Å². The first-order valence-corrected chi connectivity index (χ1v) is 8.14. The van der Waals surface area contributed by atoms with Gasteiger partial charge in [0.1, 0.15) is 6.04 Å². The van der Waals surface area contributed by atoms with Gasteiger partial charge in [-0.25, -0.2) is 4.79 Å². The summed E-state index contributed by atoms with van der Waals surface area (Å²) in [6.07, 6.45) is 4.20. The van der Waals surface area contributed by atoms with Gasteiger partial charge >= 0.3 is 6.09 Å². The number of hydrogen-bond donors (Lipinski definition) is 1. The summed E-state index contributed by atoms with van der Waals surface area (Å²) in [7, 11) is 1.30. The Kier molecular flexibility index (Phi) is 5.12. The van der Waals surface area contributed by atoms with E-state index in [-0.39, 0.29) is 23.3 Å². The standard InChI is InChI=1S/C17H27N3O3/c1-6-18-12(4)13-9-17(7-8-17)10-20(13)15(21)14(11(2)3)19-16(22)23-5/h6,11,13-14H,1,7-10H2,2-5H3,(H,19,22)/b18-12+/t13-,14?/m0/s1. The fourth-order valence-electron chi connectivity index (χ4n) is 3.31. The highest BCUT2D eigenvalue weighted by atomic mass is 16.5. The van der Waals surface area contributed by atoms with Crippen molar-refractivity contribution in [2.24, 2.45) is 16.3 Å². The second kappa shape index (κ2) is 6.72. The molecule has 6 heteroatoms. The molecule has 0 bridgehead atoms. The SMILES string of the molecule is C=C/N=C(\C)[C@@H]1CC2(CC2)CN1C(=O)C(NC(=O)OC)C(C)C. The van der Waals surface area contributed by atoms with Gasteiger partial charge in [-0.3, -0.25) is 9.79 Å². The highest BCUT2D eigenvalue weighted by molar-refractivity contribution is 5.94. The highest BCUT2D eigenvalue weighted by Gasteiger charge is 2.54. The van der Waals surface area contributed by atoms with Crippen molar-refractivity contribution in [2.75, 3.05) is 13.7 Å². The average Bonchev–Trinajstić information content (AvgIpc) is 3.14. The summed E-state index contributed by atoms with van der Waals surface area (Å²) in [6, 6.07) is -0.598. The van der Waals surface area contributed by atoms with E-state index in [0.29, 0.717) is 0 Å². The maximum Gasteiger partial charge on any atom is 0.407 e. The fourth-order valence-corrected chi connectivity index (χ4v) is 3.31. The number of rotatable bonds is 5. The number of nitrogens with one attached hydrogen (secondary N) is 1. The van der Waals surface area contributed by atoms with Crippen LogP contribution in [0.4, 0.5) is 4.79 Å². The molecule has 1 saturated carbocycles. The molecule has 1 spiro atoms. The van der Waals surface area contributed by atoms with E-state index in [1.807, 2.05) is 25.7 Å². The van der Waals surface area contributed by atoms with E-state index < -0.39 is 12.1 Å². The first-order valence-electron chi connectivity index (χ1n) is 8.14. The molecule has 1 saturated heterocycles. The summed E-state index contributed by atoms with van der Waals surface area (Å²) in [5.41, 5.74) is 1.16. The van der Waals surface area contributed by atoms with Crippen LogP contribution in [0.1, 0.15) is 40.0 Å². The molecule has 1 unspecified atom stereocenters. The molecule has 2 fully saturated rings. The molecule has 2 atom stereocenters. The van der Waals surface area contributed by atoms with Crippen LogP contribution in [0.3, 0.4) is 0 Å². The minimum Gasteiger partial charge on any atom is -0.453 e. The van der Waals surface area contributed by atoms with Crippen molar-refractivity contribution < 1.29 is 14.3 Å². The maximum atomic E-state index is 13.0. The lowest BCUT2D eigenvalue weighted by Crippen LogP contribution is -2.53. The molecule has 1 aliphatic heterocycles. The zero-order valence-corrected chi connectivity index (χ0v) is 14.5. The lowest BCUT2D eigenvalue weighted by Gasteiger charge is -2.30. The number of hydrogen-bond acceptors (Lipinski definition) is 4. The predicted molar refractivity (Wildman–Crippen MR) is 89.3 cm³/mol. The van der Waals surface area contributed by atoms with Crippen LogP contribution in [0.5, 0.6) is 0 Å². The van der Waals surface area contributed by atoms with Gasteiger partial charge in [-0.15, -0.1) is 0 Å². The zero-order chi connectivity index (χ0) is 17.2. The second-order valence-electron chi connectivity index (χ2n) is 7.00. The van der Waals surface area contributed by atoms with Gasteiger partial charge in [0.2, 0.25) is 5.91 Å². The lowest BCUT2D eigenvalue weighted by atomic mass is 10.0. The van der Waals surface area contributed by atoms with Gasteiger partial charge in [-0.1, -0.05) is 20.4 Å². The average molecular weight is 321 g/mol. The topological polar surface area (TPSA) is 71.0 Å². The number of alkyl carbamates (subject to hydrolysis) is 1. The number of aliphatic imine (C=N–C) groups is 1. The van der Waals surface area contributed by atoms with Gasteiger partial charge in [0.25, 0.3) is 0 Å². The molecule has 1 heterocycles. The third-order valence-corrected chi connectivity index (χ3v) is 4.92.